The maximum atomic E-state index is 12.4. The highest BCUT2D eigenvalue weighted by Gasteiger charge is 2.16. The van der Waals surface area contributed by atoms with Gasteiger partial charge in [-0.2, -0.15) is 0 Å². The fraction of sp³-hybridized carbons (Fsp3) is 0.238. The number of nitrogens with zero attached hydrogens (tertiary/aromatic N) is 3. The summed E-state index contributed by atoms with van der Waals surface area (Å²) in [6.07, 6.45) is 0.0798. The van der Waals surface area contributed by atoms with Crippen molar-refractivity contribution in [3.05, 3.63) is 64.9 Å². The van der Waals surface area contributed by atoms with Crippen LogP contribution in [-0.4, -0.2) is 39.3 Å². The summed E-state index contributed by atoms with van der Waals surface area (Å²) in [5.74, 6) is 1.25. The lowest BCUT2D eigenvalue weighted by atomic mass is 10.1. The summed E-state index contributed by atoms with van der Waals surface area (Å²) in [7, 11) is 1.58. The molecule has 2 aromatic carbocycles. The third-order valence-corrected chi connectivity index (χ3v) is 5.52. The molecule has 9 heteroatoms. The van der Waals surface area contributed by atoms with Crippen molar-refractivity contribution in [1.82, 2.24) is 14.8 Å². The minimum Gasteiger partial charge on any atom is -0.497 e. The predicted molar refractivity (Wildman–Crippen MR) is 118 cm³/mol. The van der Waals surface area contributed by atoms with E-state index in [2.05, 4.69) is 15.5 Å². The molecule has 0 saturated heterocycles. The Morgan fingerprint density at radius 3 is 2.43 bits per heavy atom. The minimum absolute atomic E-state index is 0.0182. The number of aromatic nitrogens is 3. The van der Waals surface area contributed by atoms with Crippen LogP contribution in [0.4, 0.5) is 5.69 Å². The highest BCUT2D eigenvalue weighted by Crippen LogP contribution is 2.20. The number of amides is 1. The summed E-state index contributed by atoms with van der Waals surface area (Å²) in [5.41, 5.74) is 1.26. The number of hydrogen-bond donors (Lipinski definition) is 1. The Morgan fingerprint density at radius 1 is 1.10 bits per heavy atom. The van der Waals surface area contributed by atoms with Gasteiger partial charge in [0.1, 0.15) is 11.6 Å². The predicted octanol–water partition coefficient (Wildman–Crippen LogP) is 4.12. The van der Waals surface area contributed by atoms with Gasteiger partial charge in [-0.05, 0) is 55.5 Å². The Labute approximate surface area is 183 Å². The molecule has 0 bridgehead atoms. The molecule has 1 aromatic heterocycles. The van der Waals surface area contributed by atoms with E-state index in [4.69, 9.17) is 16.3 Å². The molecule has 1 heterocycles. The van der Waals surface area contributed by atoms with E-state index in [9.17, 15) is 9.59 Å². The van der Waals surface area contributed by atoms with E-state index in [-0.39, 0.29) is 23.9 Å². The van der Waals surface area contributed by atoms with E-state index >= 15 is 0 Å². The van der Waals surface area contributed by atoms with E-state index in [1.54, 1.807) is 55.6 Å². The summed E-state index contributed by atoms with van der Waals surface area (Å²) >= 11 is 7.16. The number of hydrogen-bond acceptors (Lipinski definition) is 6. The lowest BCUT2D eigenvalue weighted by Crippen LogP contribution is -2.17. The molecule has 1 amide bonds. The van der Waals surface area contributed by atoms with Crippen molar-refractivity contribution in [3.63, 3.8) is 0 Å². The van der Waals surface area contributed by atoms with Crippen LogP contribution in [0.2, 0.25) is 5.02 Å². The minimum atomic E-state index is -0.203. The summed E-state index contributed by atoms with van der Waals surface area (Å²) in [6, 6.07) is 13.9. The van der Waals surface area contributed by atoms with Crippen LogP contribution in [0.1, 0.15) is 23.1 Å². The summed E-state index contributed by atoms with van der Waals surface area (Å²) < 4.78 is 6.95. The van der Waals surface area contributed by atoms with Crippen molar-refractivity contribution in [3.8, 4) is 5.75 Å². The largest absolute Gasteiger partial charge is 0.497 e. The maximum Gasteiger partial charge on any atom is 0.232 e. The first kappa shape index (κ1) is 21.9. The summed E-state index contributed by atoms with van der Waals surface area (Å²) in [4.78, 5) is 24.8. The van der Waals surface area contributed by atoms with Crippen molar-refractivity contribution in [2.45, 2.75) is 25.0 Å². The molecule has 7 nitrogen and oxygen atoms in total. The molecule has 0 aliphatic heterocycles. The standard InChI is InChI=1S/C21H21ClN4O3S/c1-3-26-19(12-20(28)23-16-8-6-15(22)7-9-16)24-25-21(26)30-13-18(27)14-4-10-17(29-2)11-5-14/h4-11H,3,12-13H2,1-2H3,(H,23,28). The van der Waals surface area contributed by atoms with Crippen molar-refractivity contribution < 1.29 is 14.3 Å². The van der Waals surface area contributed by atoms with Gasteiger partial charge in [-0.1, -0.05) is 23.4 Å². The van der Waals surface area contributed by atoms with E-state index in [1.807, 2.05) is 11.5 Å². The second-order valence-electron chi connectivity index (χ2n) is 6.32. The van der Waals surface area contributed by atoms with Gasteiger partial charge in [0.05, 0.1) is 19.3 Å². The number of benzene rings is 2. The number of thioether (sulfide) groups is 1. The monoisotopic (exact) mass is 444 g/mol. The smallest absolute Gasteiger partial charge is 0.232 e. The van der Waals surface area contributed by atoms with Crippen LogP contribution in [0.3, 0.4) is 0 Å². The molecule has 0 atom stereocenters. The third kappa shape index (κ3) is 5.61. The van der Waals surface area contributed by atoms with Crippen LogP contribution in [0, 0.1) is 0 Å². The zero-order valence-electron chi connectivity index (χ0n) is 16.6. The molecule has 1 N–H and O–H groups in total. The number of Topliss-reactive ketones (excluding diaryl/α,β-unsaturated/α-hetero) is 1. The van der Waals surface area contributed by atoms with Crippen molar-refractivity contribution in [2.24, 2.45) is 0 Å². The van der Waals surface area contributed by atoms with Gasteiger partial charge in [-0.3, -0.25) is 9.59 Å². The average Bonchev–Trinajstić information content (AvgIpc) is 3.14. The van der Waals surface area contributed by atoms with Crippen LogP contribution < -0.4 is 10.1 Å². The van der Waals surface area contributed by atoms with Gasteiger partial charge in [0.25, 0.3) is 0 Å². The quantitative estimate of drug-likeness (QED) is 0.394. The first-order valence-electron chi connectivity index (χ1n) is 9.27. The molecule has 0 spiro atoms. The molecule has 156 valence electrons. The van der Waals surface area contributed by atoms with Crippen molar-refractivity contribution in [2.75, 3.05) is 18.2 Å². The number of carbonyl (C=O) groups is 2. The maximum absolute atomic E-state index is 12.4. The van der Waals surface area contributed by atoms with Gasteiger partial charge in [0.15, 0.2) is 10.9 Å². The second-order valence-corrected chi connectivity index (χ2v) is 7.69. The molecule has 0 saturated carbocycles. The molecule has 0 fully saturated rings. The number of carbonyl (C=O) groups excluding carboxylic acids is 2. The van der Waals surface area contributed by atoms with Gasteiger partial charge in [-0.25, -0.2) is 0 Å². The molecular weight excluding hydrogens is 424 g/mol. The molecular formula is C21H21ClN4O3S. The Balaban J connectivity index is 1.60. The van der Waals surface area contributed by atoms with Gasteiger partial charge in [-0.15, -0.1) is 10.2 Å². The Kier molecular flexibility index (Phi) is 7.48. The highest BCUT2D eigenvalue weighted by molar-refractivity contribution is 7.99. The van der Waals surface area contributed by atoms with Crippen LogP contribution in [0.5, 0.6) is 5.75 Å². The first-order valence-corrected chi connectivity index (χ1v) is 10.6. The van der Waals surface area contributed by atoms with Crippen LogP contribution >= 0.6 is 23.4 Å². The van der Waals surface area contributed by atoms with E-state index in [1.165, 1.54) is 11.8 Å². The lowest BCUT2D eigenvalue weighted by Gasteiger charge is -2.08. The Hall–Kier alpha value is -2.84. The molecule has 3 aromatic rings. The van der Waals surface area contributed by atoms with Gasteiger partial charge in [0.2, 0.25) is 5.91 Å². The Bertz CT molecular complexity index is 1020. The zero-order chi connectivity index (χ0) is 21.5. The van der Waals surface area contributed by atoms with E-state index in [0.29, 0.717) is 39.5 Å². The summed E-state index contributed by atoms with van der Waals surface area (Å²) in [5, 5.41) is 12.3. The molecule has 0 aliphatic carbocycles. The number of methoxy groups -OCH3 is 1. The average molecular weight is 445 g/mol. The number of ether oxygens (including phenoxy) is 1. The number of rotatable bonds is 9. The summed E-state index contributed by atoms with van der Waals surface area (Å²) in [6.45, 7) is 2.54. The second kappa shape index (κ2) is 10.3. The molecule has 0 aliphatic rings. The molecule has 3 rings (SSSR count). The van der Waals surface area contributed by atoms with Crippen LogP contribution in [0.25, 0.3) is 0 Å². The topological polar surface area (TPSA) is 86.1 Å². The van der Waals surface area contributed by atoms with Crippen LogP contribution in [0.15, 0.2) is 53.7 Å². The highest BCUT2D eigenvalue weighted by atomic mass is 35.5. The van der Waals surface area contributed by atoms with E-state index in [0.717, 1.165) is 0 Å². The fourth-order valence-corrected chi connectivity index (χ4v) is 3.79. The van der Waals surface area contributed by atoms with Crippen molar-refractivity contribution >= 4 is 40.7 Å². The first-order chi connectivity index (χ1) is 14.5. The number of halogens is 1. The van der Waals surface area contributed by atoms with Crippen LogP contribution in [-0.2, 0) is 17.8 Å². The number of nitrogens with one attached hydrogen (secondary N) is 1. The molecule has 30 heavy (non-hydrogen) atoms. The van der Waals surface area contributed by atoms with Gasteiger partial charge < -0.3 is 14.6 Å². The zero-order valence-corrected chi connectivity index (χ0v) is 18.2. The lowest BCUT2D eigenvalue weighted by molar-refractivity contribution is -0.115. The molecule has 0 unspecified atom stereocenters. The SMILES string of the molecule is CCn1c(CC(=O)Nc2ccc(Cl)cc2)nnc1SCC(=O)c1ccc(OC)cc1. The Morgan fingerprint density at radius 2 is 1.80 bits per heavy atom. The third-order valence-electron chi connectivity index (χ3n) is 4.30. The number of anilines is 1. The van der Waals surface area contributed by atoms with Gasteiger partial charge in [0, 0.05) is 22.8 Å². The number of ketones is 1. The normalized spacial score (nSPS) is 10.6. The molecule has 0 radical (unpaired) electrons. The van der Waals surface area contributed by atoms with E-state index < -0.39 is 0 Å². The fourth-order valence-electron chi connectivity index (χ4n) is 2.75. The van der Waals surface area contributed by atoms with Gasteiger partial charge >= 0.3 is 0 Å². The van der Waals surface area contributed by atoms with Crippen molar-refractivity contribution in [1.29, 1.82) is 0 Å².